The topological polar surface area (TPSA) is 187 Å². The van der Waals surface area contributed by atoms with Gasteiger partial charge in [0.05, 0.1) is 25.2 Å². The number of esters is 3. The van der Waals surface area contributed by atoms with E-state index in [1.165, 1.54) is 20.8 Å². The van der Waals surface area contributed by atoms with Crippen LogP contribution in [0.4, 0.5) is 9.59 Å². The van der Waals surface area contributed by atoms with Gasteiger partial charge in [-0.3, -0.25) is 19.2 Å². The van der Waals surface area contributed by atoms with Gasteiger partial charge in [-0.05, 0) is 48.0 Å². The van der Waals surface area contributed by atoms with Crippen molar-refractivity contribution in [3.8, 4) is 0 Å². The molecule has 1 fully saturated rings. The van der Waals surface area contributed by atoms with Gasteiger partial charge in [-0.2, -0.15) is 0 Å². The minimum Gasteiger partial charge on any atom is -0.465 e. The Morgan fingerprint density at radius 2 is 1.35 bits per heavy atom. The largest absolute Gasteiger partial charge is 0.508 e. The van der Waals surface area contributed by atoms with Crippen molar-refractivity contribution in [1.82, 2.24) is 0 Å². The minimum absolute atomic E-state index is 0.0185. The molecule has 0 amide bonds. The van der Waals surface area contributed by atoms with Gasteiger partial charge < -0.3 is 38.3 Å². The minimum atomic E-state index is -1.42. The summed E-state index contributed by atoms with van der Waals surface area (Å²) in [5, 5.41) is 9.37. The van der Waals surface area contributed by atoms with Gasteiger partial charge in [0.1, 0.15) is 49.6 Å². The molecule has 2 unspecified atom stereocenters. The lowest BCUT2D eigenvalue weighted by Gasteiger charge is -2.29. The molecule has 40 heavy (non-hydrogen) atoms. The zero-order valence-corrected chi connectivity index (χ0v) is 24.3. The first kappa shape index (κ1) is 36.6. The number of ether oxygens (including phenoxy) is 7. The third-order valence-electron chi connectivity index (χ3n) is 5.78. The third kappa shape index (κ3) is 12.2. The Morgan fingerprint density at radius 3 is 1.80 bits per heavy atom. The number of carbonyl (C=O) groups is 6. The predicted molar refractivity (Wildman–Crippen MR) is 136 cm³/mol. The van der Waals surface area contributed by atoms with E-state index in [-0.39, 0.29) is 45.2 Å². The van der Waals surface area contributed by atoms with E-state index in [9.17, 15) is 33.9 Å². The van der Waals surface area contributed by atoms with Crippen LogP contribution >= 0.6 is 0 Å². The highest BCUT2D eigenvalue weighted by Gasteiger charge is 2.41. The molecule has 0 bridgehead atoms. The van der Waals surface area contributed by atoms with Gasteiger partial charge in [-0.1, -0.05) is 6.92 Å². The van der Waals surface area contributed by atoms with Crippen LogP contribution in [-0.2, 0) is 52.3 Å². The SMILES string of the molecule is CCCC(=O)OCC(C)(COC(=O)OCC(C)(CO)C(=O)OCC)C(C)=O.CCOC(=O)C1(C)COC(=O)OC1. The van der Waals surface area contributed by atoms with Crippen molar-refractivity contribution in [2.45, 2.75) is 61.3 Å². The summed E-state index contributed by atoms with van der Waals surface area (Å²) in [6.07, 6.45) is -1.01. The molecule has 0 aromatic heterocycles. The Balaban J connectivity index is 0.000000968. The molecule has 0 saturated carbocycles. The Labute approximate surface area is 233 Å². The number of rotatable bonds is 14. The standard InChI is InChI=1S/C18H30O9.C8H12O5/c1-6-8-14(21)25-11-18(5,13(3)20)12-27-16(23)26-10-17(4,9-19)15(22)24-7-2;1-3-11-6(9)8(2)4-12-7(10)13-5-8/h19H,6-12H2,1-5H3;3-5H2,1-2H3. The van der Waals surface area contributed by atoms with Crippen LogP contribution in [0.25, 0.3) is 0 Å². The van der Waals surface area contributed by atoms with Gasteiger partial charge in [-0.25, -0.2) is 9.59 Å². The lowest BCUT2D eigenvalue weighted by atomic mass is 9.88. The molecule has 0 radical (unpaired) electrons. The van der Waals surface area contributed by atoms with Gasteiger partial charge in [0.15, 0.2) is 0 Å². The molecule has 0 aromatic rings. The number of cyclic esters (lactones) is 2. The Morgan fingerprint density at radius 1 is 0.850 bits per heavy atom. The van der Waals surface area contributed by atoms with Crippen molar-refractivity contribution < 1.29 is 67.0 Å². The number of aliphatic hydroxyl groups excluding tert-OH is 1. The Kier molecular flexibility index (Phi) is 15.8. The zero-order valence-electron chi connectivity index (χ0n) is 24.3. The molecular formula is C26H42O14. The molecule has 1 N–H and O–H groups in total. The van der Waals surface area contributed by atoms with E-state index in [1.807, 2.05) is 6.92 Å². The van der Waals surface area contributed by atoms with Crippen LogP contribution in [0.3, 0.4) is 0 Å². The van der Waals surface area contributed by atoms with Crippen molar-refractivity contribution in [1.29, 1.82) is 0 Å². The predicted octanol–water partition coefficient (Wildman–Crippen LogP) is 2.36. The van der Waals surface area contributed by atoms with Gasteiger partial charge in [0.25, 0.3) is 0 Å². The van der Waals surface area contributed by atoms with Gasteiger partial charge in [0, 0.05) is 6.42 Å². The van der Waals surface area contributed by atoms with Crippen molar-refractivity contribution in [3.05, 3.63) is 0 Å². The molecule has 1 aliphatic rings. The maximum atomic E-state index is 11.9. The molecule has 1 heterocycles. The van der Waals surface area contributed by atoms with Crippen LogP contribution in [0.1, 0.15) is 61.3 Å². The summed E-state index contributed by atoms with van der Waals surface area (Å²) < 4.78 is 33.7. The van der Waals surface area contributed by atoms with Crippen LogP contribution in [-0.4, -0.2) is 94.0 Å². The van der Waals surface area contributed by atoms with E-state index >= 15 is 0 Å². The fraction of sp³-hybridized carbons (Fsp3) is 0.769. The van der Waals surface area contributed by atoms with Crippen molar-refractivity contribution in [3.63, 3.8) is 0 Å². The highest BCUT2D eigenvalue weighted by molar-refractivity contribution is 5.83. The van der Waals surface area contributed by atoms with E-state index in [1.54, 1.807) is 20.8 Å². The fourth-order valence-electron chi connectivity index (χ4n) is 2.66. The number of Topliss-reactive ketones (excluding diaryl/α,β-unsaturated/α-hetero) is 1. The molecule has 1 saturated heterocycles. The highest BCUT2D eigenvalue weighted by Crippen LogP contribution is 2.24. The van der Waals surface area contributed by atoms with Crippen molar-refractivity contribution in [2.24, 2.45) is 16.2 Å². The van der Waals surface area contributed by atoms with E-state index in [0.29, 0.717) is 13.0 Å². The second-order valence-electron chi connectivity index (χ2n) is 9.90. The zero-order chi connectivity index (χ0) is 31.0. The fourth-order valence-corrected chi connectivity index (χ4v) is 2.66. The van der Waals surface area contributed by atoms with Crippen LogP contribution in [0, 0.1) is 16.2 Å². The van der Waals surface area contributed by atoms with E-state index in [4.69, 9.17) is 23.7 Å². The van der Waals surface area contributed by atoms with Crippen LogP contribution < -0.4 is 0 Å². The second kappa shape index (κ2) is 17.3. The first-order chi connectivity index (χ1) is 18.6. The van der Waals surface area contributed by atoms with Crippen LogP contribution in [0.15, 0.2) is 0 Å². The number of carbonyl (C=O) groups excluding carboxylic acids is 6. The number of hydrogen-bond donors (Lipinski definition) is 1. The summed E-state index contributed by atoms with van der Waals surface area (Å²) >= 11 is 0. The molecule has 14 nitrogen and oxygen atoms in total. The number of hydrogen-bond acceptors (Lipinski definition) is 14. The van der Waals surface area contributed by atoms with Crippen LogP contribution in [0.5, 0.6) is 0 Å². The number of aliphatic hydroxyl groups is 1. The van der Waals surface area contributed by atoms with E-state index in [2.05, 4.69) is 9.47 Å². The lowest BCUT2D eigenvalue weighted by molar-refractivity contribution is -0.165. The molecule has 0 aliphatic carbocycles. The molecule has 14 heteroatoms. The molecule has 1 rings (SSSR count). The average Bonchev–Trinajstić information content (AvgIpc) is 2.91. The van der Waals surface area contributed by atoms with Crippen molar-refractivity contribution >= 4 is 36.0 Å². The molecule has 0 spiro atoms. The van der Waals surface area contributed by atoms with Crippen LogP contribution in [0.2, 0.25) is 0 Å². The summed E-state index contributed by atoms with van der Waals surface area (Å²) in [7, 11) is 0. The Bertz CT molecular complexity index is 875. The number of ketones is 1. The monoisotopic (exact) mass is 578 g/mol. The summed E-state index contributed by atoms with van der Waals surface area (Å²) in [4.78, 5) is 68.8. The normalized spacial score (nSPS) is 16.6. The van der Waals surface area contributed by atoms with E-state index < -0.39 is 59.7 Å². The molecular weight excluding hydrogens is 536 g/mol. The summed E-state index contributed by atoms with van der Waals surface area (Å²) in [6.45, 7) is 9.79. The molecule has 1 aliphatic heterocycles. The smallest absolute Gasteiger partial charge is 0.465 e. The second-order valence-corrected chi connectivity index (χ2v) is 9.90. The lowest BCUT2D eigenvalue weighted by Crippen LogP contribution is -2.44. The quantitative estimate of drug-likeness (QED) is 0.234. The maximum Gasteiger partial charge on any atom is 0.508 e. The average molecular weight is 579 g/mol. The van der Waals surface area contributed by atoms with Crippen molar-refractivity contribution in [2.75, 3.05) is 52.9 Å². The Hall–Kier alpha value is -3.42. The van der Waals surface area contributed by atoms with Gasteiger partial charge >= 0.3 is 30.2 Å². The van der Waals surface area contributed by atoms with E-state index in [0.717, 1.165) is 0 Å². The molecule has 0 aromatic carbocycles. The van der Waals surface area contributed by atoms with Gasteiger partial charge in [-0.15, -0.1) is 0 Å². The summed E-state index contributed by atoms with van der Waals surface area (Å²) in [5.41, 5.74) is -3.50. The first-order valence-electron chi connectivity index (χ1n) is 12.8. The highest BCUT2D eigenvalue weighted by atomic mass is 16.7. The maximum absolute atomic E-state index is 11.9. The third-order valence-corrected chi connectivity index (χ3v) is 5.78. The first-order valence-corrected chi connectivity index (χ1v) is 12.8. The molecule has 2 atom stereocenters. The van der Waals surface area contributed by atoms with Gasteiger partial charge in [0.2, 0.25) is 0 Å². The summed E-state index contributed by atoms with van der Waals surface area (Å²) in [5.74, 6) is -1.88. The molecule has 230 valence electrons. The summed E-state index contributed by atoms with van der Waals surface area (Å²) in [6, 6.07) is 0.